The van der Waals surface area contributed by atoms with Crippen LogP contribution in [0.25, 0.3) is 5.69 Å². The summed E-state index contributed by atoms with van der Waals surface area (Å²) in [6.45, 7) is 0.718. The highest BCUT2D eigenvalue weighted by atomic mass is 32.1. The van der Waals surface area contributed by atoms with Gasteiger partial charge >= 0.3 is 6.18 Å². The van der Waals surface area contributed by atoms with Crippen LogP contribution in [-0.4, -0.2) is 51.5 Å². The molecule has 2 aromatic carbocycles. The van der Waals surface area contributed by atoms with Crippen LogP contribution in [0.5, 0.6) is 0 Å². The minimum absolute atomic E-state index is 0.0564. The third-order valence-electron chi connectivity index (χ3n) is 5.49. The van der Waals surface area contributed by atoms with Crippen LogP contribution in [0.2, 0.25) is 0 Å². The first-order valence-electron chi connectivity index (χ1n) is 10.0. The van der Waals surface area contributed by atoms with E-state index in [1.54, 1.807) is 4.90 Å². The lowest BCUT2D eigenvalue weighted by Gasteiger charge is -2.35. The Balaban J connectivity index is 1.53. The summed E-state index contributed by atoms with van der Waals surface area (Å²) in [5, 5.41) is 11.4. The molecule has 0 bridgehead atoms. The lowest BCUT2D eigenvalue weighted by atomic mass is 10.1. The van der Waals surface area contributed by atoms with Gasteiger partial charge in [0.25, 0.3) is 11.6 Å². The number of imidazole rings is 1. The van der Waals surface area contributed by atoms with Gasteiger partial charge in [0.2, 0.25) is 0 Å². The molecule has 1 aliphatic rings. The molecule has 0 atom stereocenters. The third-order valence-corrected chi connectivity index (χ3v) is 5.79. The van der Waals surface area contributed by atoms with Crippen molar-refractivity contribution in [3.63, 3.8) is 0 Å². The number of piperazine rings is 1. The minimum Gasteiger partial charge on any atom is -0.362 e. The van der Waals surface area contributed by atoms with Crippen molar-refractivity contribution in [2.75, 3.05) is 31.1 Å². The minimum atomic E-state index is -4.70. The van der Waals surface area contributed by atoms with E-state index in [1.165, 1.54) is 39.9 Å². The summed E-state index contributed by atoms with van der Waals surface area (Å²) in [5.41, 5.74) is -0.971. The quantitative estimate of drug-likeness (QED) is 0.248. The van der Waals surface area contributed by atoms with Gasteiger partial charge in [-0.3, -0.25) is 19.5 Å². The van der Waals surface area contributed by atoms with Crippen molar-refractivity contribution in [3.05, 3.63) is 80.6 Å². The van der Waals surface area contributed by atoms with Gasteiger partial charge in [0.15, 0.2) is 4.77 Å². The van der Waals surface area contributed by atoms with E-state index in [2.05, 4.69) is 4.98 Å². The summed E-state index contributed by atoms with van der Waals surface area (Å²) in [7, 11) is 0. The summed E-state index contributed by atoms with van der Waals surface area (Å²) in [6, 6.07) is 7.85. The number of nitrogens with zero attached hydrogens (tertiary/aromatic N) is 4. The maximum atomic E-state index is 13.3. The molecular formula is C21H17F4N5O3S. The second kappa shape index (κ2) is 8.89. The van der Waals surface area contributed by atoms with Crippen LogP contribution in [0.4, 0.5) is 28.9 Å². The summed E-state index contributed by atoms with van der Waals surface area (Å²) in [5.74, 6) is -0.801. The summed E-state index contributed by atoms with van der Waals surface area (Å²) in [4.78, 5) is 29.6. The number of carbonyl (C=O) groups excluding carboxylic acids is 1. The highest BCUT2D eigenvalue weighted by molar-refractivity contribution is 7.71. The van der Waals surface area contributed by atoms with Crippen LogP contribution in [0, 0.1) is 20.7 Å². The van der Waals surface area contributed by atoms with Crippen molar-refractivity contribution in [1.29, 1.82) is 0 Å². The number of alkyl halides is 3. The average Bonchev–Trinajstić information content (AvgIpc) is 3.19. The Morgan fingerprint density at radius 3 is 2.29 bits per heavy atom. The largest absolute Gasteiger partial charge is 0.416 e. The van der Waals surface area contributed by atoms with Crippen LogP contribution >= 0.6 is 12.2 Å². The van der Waals surface area contributed by atoms with Crippen molar-refractivity contribution in [3.8, 4) is 5.69 Å². The van der Waals surface area contributed by atoms with Crippen LogP contribution in [-0.2, 0) is 6.18 Å². The lowest BCUT2D eigenvalue weighted by Crippen LogP contribution is -2.49. The van der Waals surface area contributed by atoms with E-state index in [4.69, 9.17) is 12.2 Å². The Hall–Kier alpha value is -3.74. The number of H-pyrrole nitrogens is 1. The lowest BCUT2D eigenvalue weighted by molar-refractivity contribution is -0.384. The number of hydrogen-bond acceptors (Lipinski definition) is 5. The molecule has 13 heteroatoms. The third kappa shape index (κ3) is 4.51. The van der Waals surface area contributed by atoms with Gasteiger partial charge in [-0.25, -0.2) is 4.39 Å². The van der Waals surface area contributed by atoms with E-state index in [1.807, 2.05) is 0 Å². The molecule has 0 radical (unpaired) electrons. The van der Waals surface area contributed by atoms with Crippen LogP contribution in [0.15, 0.2) is 48.7 Å². The van der Waals surface area contributed by atoms with Crippen molar-refractivity contribution in [2.45, 2.75) is 6.18 Å². The number of benzene rings is 2. The summed E-state index contributed by atoms with van der Waals surface area (Å²) >= 11 is 5.26. The van der Waals surface area contributed by atoms with Crippen LogP contribution < -0.4 is 4.90 Å². The number of nitrogens with one attached hydrogen (secondary N) is 1. The highest BCUT2D eigenvalue weighted by Gasteiger charge is 2.34. The number of nitro benzene ring substituents is 1. The molecule has 2 heterocycles. The molecular weight excluding hydrogens is 478 g/mol. The van der Waals surface area contributed by atoms with Gasteiger partial charge in [-0.15, -0.1) is 0 Å². The normalized spacial score (nSPS) is 14.4. The predicted octanol–water partition coefficient (Wildman–Crippen LogP) is 4.56. The Bertz CT molecular complexity index is 1290. The molecule has 1 aliphatic heterocycles. The number of rotatable bonds is 4. The van der Waals surface area contributed by atoms with Crippen molar-refractivity contribution < 1.29 is 27.3 Å². The number of nitro groups is 1. The summed E-state index contributed by atoms with van der Waals surface area (Å²) in [6.07, 6.45) is -3.25. The second-order valence-corrected chi connectivity index (χ2v) is 7.92. The van der Waals surface area contributed by atoms with Gasteiger partial charge in [-0.1, -0.05) is 0 Å². The zero-order valence-electron chi connectivity index (χ0n) is 17.4. The molecule has 1 saturated heterocycles. The van der Waals surface area contributed by atoms with E-state index in [-0.39, 0.29) is 48.2 Å². The monoisotopic (exact) mass is 495 g/mol. The first-order valence-corrected chi connectivity index (χ1v) is 10.4. The molecule has 0 aliphatic carbocycles. The van der Waals surface area contributed by atoms with E-state index in [0.29, 0.717) is 11.8 Å². The number of aromatic amines is 1. The van der Waals surface area contributed by atoms with E-state index >= 15 is 0 Å². The molecule has 8 nitrogen and oxygen atoms in total. The van der Waals surface area contributed by atoms with Gasteiger partial charge < -0.3 is 14.8 Å². The number of halogens is 4. The van der Waals surface area contributed by atoms with Gasteiger partial charge in [0, 0.05) is 44.1 Å². The molecule has 34 heavy (non-hydrogen) atoms. The van der Waals surface area contributed by atoms with Crippen molar-refractivity contribution in [1.82, 2.24) is 14.5 Å². The predicted molar refractivity (Wildman–Crippen MR) is 117 cm³/mol. The molecule has 1 N–H and O–H groups in total. The van der Waals surface area contributed by atoms with Gasteiger partial charge in [-0.2, -0.15) is 13.2 Å². The fourth-order valence-electron chi connectivity index (χ4n) is 3.80. The molecule has 0 unspecified atom stereocenters. The van der Waals surface area contributed by atoms with Crippen molar-refractivity contribution >= 4 is 29.5 Å². The molecule has 0 saturated carbocycles. The fraction of sp³-hybridized carbons (Fsp3) is 0.238. The fourth-order valence-corrected chi connectivity index (χ4v) is 4.06. The molecule has 178 valence electrons. The van der Waals surface area contributed by atoms with Gasteiger partial charge in [0.1, 0.15) is 17.2 Å². The Kier molecular flexibility index (Phi) is 6.13. The standard InChI is InChI=1S/C21H17F4N5O3S/c22-14-2-4-15(5-3-14)29-18(12-26-20(29)34)19(31)28-9-7-27(8-10-28)16-6-1-13(21(23,24)25)11-17(16)30(32)33/h1-6,11-12H,7-10H2,(H,26,34). The second-order valence-electron chi connectivity index (χ2n) is 7.53. The van der Waals surface area contributed by atoms with Crippen LogP contribution in [0.3, 0.4) is 0 Å². The Labute approximate surface area is 195 Å². The first-order chi connectivity index (χ1) is 16.1. The zero-order valence-corrected chi connectivity index (χ0v) is 18.2. The molecule has 1 amide bonds. The van der Waals surface area contributed by atoms with Crippen molar-refractivity contribution in [2.24, 2.45) is 0 Å². The molecule has 1 fully saturated rings. The smallest absolute Gasteiger partial charge is 0.362 e. The topological polar surface area (TPSA) is 87.4 Å². The number of anilines is 1. The average molecular weight is 495 g/mol. The van der Waals surface area contributed by atoms with E-state index in [0.717, 1.165) is 12.1 Å². The number of carbonyl (C=O) groups is 1. The van der Waals surface area contributed by atoms with E-state index < -0.39 is 28.2 Å². The highest BCUT2D eigenvalue weighted by Crippen LogP contribution is 2.36. The van der Waals surface area contributed by atoms with Crippen LogP contribution in [0.1, 0.15) is 16.1 Å². The van der Waals surface area contributed by atoms with Gasteiger partial charge in [-0.05, 0) is 48.6 Å². The summed E-state index contributed by atoms with van der Waals surface area (Å²) < 4.78 is 53.9. The maximum absolute atomic E-state index is 13.3. The molecule has 3 aromatic rings. The maximum Gasteiger partial charge on any atom is 0.416 e. The van der Waals surface area contributed by atoms with E-state index in [9.17, 15) is 32.5 Å². The van der Waals surface area contributed by atoms with Gasteiger partial charge in [0.05, 0.1) is 10.5 Å². The first kappa shape index (κ1) is 23.4. The number of aromatic nitrogens is 2. The number of amides is 1. The molecule has 0 spiro atoms. The molecule has 1 aromatic heterocycles. The number of hydrogen-bond donors (Lipinski definition) is 1. The Morgan fingerprint density at radius 2 is 1.71 bits per heavy atom. The zero-order chi connectivity index (χ0) is 24.6. The molecule has 4 rings (SSSR count). The SMILES string of the molecule is O=C(c1c[nH]c(=S)n1-c1ccc(F)cc1)N1CCN(c2ccc(C(F)(F)F)cc2[N+](=O)[O-])CC1. The Morgan fingerprint density at radius 1 is 1.06 bits per heavy atom.